The third-order valence-electron chi connectivity index (χ3n) is 5.03. The zero-order valence-electron chi connectivity index (χ0n) is 14.2. The zero-order chi connectivity index (χ0) is 18.0. The fourth-order valence-electron chi connectivity index (χ4n) is 3.42. The molecule has 0 bridgehead atoms. The number of carboxylic acids is 1. The van der Waals surface area contributed by atoms with E-state index in [0.29, 0.717) is 24.4 Å². The molecule has 0 atom stereocenters. The van der Waals surface area contributed by atoms with E-state index in [1.165, 1.54) is 16.7 Å². The summed E-state index contributed by atoms with van der Waals surface area (Å²) in [4.78, 5) is 39.0. The number of thioether (sulfide) groups is 1. The molecule has 134 valence electrons. The first-order chi connectivity index (χ1) is 11.9. The largest absolute Gasteiger partial charge is 0.480 e. The van der Waals surface area contributed by atoms with Gasteiger partial charge in [-0.05, 0) is 43.7 Å². The minimum absolute atomic E-state index is 0.138. The molecule has 1 aromatic rings. The lowest BCUT2D eigenvalue weighted by molar-refractivity contribution is -0.149. The van der Waals surface area contributed by atoms with Crippen molar-refractivity contribution in [3.63, 3.8) is 0 Å². The Morgan fingerprint density at radius 2 is 2.00 bits per heavy atom. The molecule has 0 saturated heterocycles. The number of amides is 2. The molecule has 7 heteroatoms. The van der Waals surface area contributed by atoms with Gasteiger partial charge in [0.2, 0.25) is 11.8 Å². The lowest BCUT2D eigenvalue weighted by atomic mass is 9.77. The van der Waals surface area contributed by atoms with E-state index >= 15 is 0 Å². The third kappa shape index (κ3) is 3.66. The first-order valence-corrected chi connectivity index (χ1v) is 9.46. The number of carbonyl (C=O) groups excluding carboxylic acids is 2. The van der Waals surface area contributed by atoms with Gasteiger partial charge in [-0.3, -0.25) is 9.59 Å². The molecular formula is C18H22N2O4S. The number of anilines is 1. The molecule has 6 nitrogen and oxygen atoms in total. The van der Waals surface area contributed by atoms with Crippen LogP contribution in [0.1, 0.15) is 32.6 Å². The third-order valence-corrected chi connectivity index (χ3v) is 6.07. The highest BCUT2D eigenvalue weighted by Crippen LogP contribution is 2.35. The van der Waals surface area contributed by atoms with Crippen LogP contribution in [-0.2, 0) is 14.4 Å². The molecule has 0 radical (unpaired) electrons. The van der Waals surface area contributed by atoms with E-state index in [2.05, 4.69) is 12.2 Å². The number of rotatable bonds is 4. The molecule has 1 heterocycles. The van der Waals surface area contributed by atoms with E-state index in [4.69, 9.17) is 0 Å². The summed E-state index contributed by atoms with van der Waals surface area (Å²) in [7, 11) is 0. The van der Waals surface area contributed by atoms with Gasteiger partial charge in [0.05, 0.1) is 11.4 Å². The highest BCUT2D eigenvalue weighted by molar-refractivity contribution is 8.00. The van der Waals surface area contributed by atoms with Crippen LogP contribution in [-0.4, -0.2) is 40.7 Å². The van der Waals surface area contributed by atoms with Crippen molar-refractivity contribution in [2.45, 2.75) is 43.0 Å². The van der Waals surface area contributed by atoms with Gasteiger partial charge in [-0.25, -0.2) is 4.79 Å². The van der Waals surface area contributed by atoms with Crippen LogP contribution in [0.5, 0.6) is 0 Å². The van der Waals surface area contributed by atoms with Crippen molar-refractivity contribution in [3.05, 3.63) is 24.3 Å². The van der Waals surface area contributed by atoms with Crippen molar-refractivity contribution in [2.24, 2.45) is 5.92 Å². The maximum atomic E-state index is 12.6. The monoisotopic (exact) mass is 362 g/mol. The average molecular weight is 362 g/mol. The van der Waals surface area contributed by atoms with E-state index in [-0.39, 0.29) is 18.2 Å². The molecule has 1 aliphatic carbocycles. The zero-order valence-corrected chi connectivity index (χ0v) is 15.0. The summed E-state index contributed by atoms with van der Waals surface area (Å²) >= 11 is 1.45. The molecule has 0 aromatic heterocycles. The van der Waals surface area contributed by atoms with E-state index < -0.39 is 17.4 Å². The van der Waals surface area contributed by atoms with Gasteiger partial charge in [-0.2, -0.15) is 0 Å². The molecular weight excluding hydrogens is 340 g/mol. The quantitative estimate of drug-likeness (QED) is 0.858. The number of carbonyl (C=O) groups is 3. The molecule has 1 fully saturated rings. The number of hydrogen-bond acceptors (Lipinski definition) is 4. The average Bonchev–Trinajstić information content (AvgIpc) is 2.59. The SMILES string of the molecule is CC1CCC(NC(=O)CN2C(=O)CSc3ccccc32)(C(=O)O)CC1. The molecule has 3 rings (SSSR count). The molecule has 0 spiro atoms. The molecule has 2 aliphatic rings. The molecule has 1 saturated carbocycles. The normalized spacial score (nSPS) is 26.0. The van der Waals surface area contributed by atoms with Gasteiger partial charge >= 0.3 is 5.97 Å². The van der Waals surface area contributed by atoms with Crippen LogP contribution in [0.4, 0.5) is 5.69 Å². The highest BCUT2D eigenvalue weighted by atomic mass is 32.2. The predicted octanol–water partition coefficient (Wildman–Crippen LogP) is 2.28. The predicted molar refractivity (Wildman–Crippen MR) is 95.7 cm³/mol. The number of aliphatic carboxylic acids is 1. The van der Waals surface area contributed by atoms with E-state index in [1.807, 2.05) is 24.3 Å². The molecule has 1 aromatic carbocycles. The Morgan fingerprint density at radius 1 is 1.32 bits per heavy atom. The number of nitrogens with one attached hydrogen (secondary N) is 1. The molecule has 25 heavy (non-hydrogen) atoms. The second kappa shape index (κ2) is 7.07. The van der Waals surface area contributed by atoms with E-state index in [0.717, 1.165) is 17.7 Å². The van der Waals surface area contributed by atoms with Crippen LogP contribution in [0.2, 0.25) is 0 Å². The molecule has 0 unspecified atom stereocenters. The summed E-state index contributed by atoms with van der Waals surface area (Å²) in [5.41, 5.74) is -0.503. The van der Waals surface area contributed by atoms with Crippen LogP contribution in [0.25, 0.3) is 0 Å². The summed E-state index contributed by atoms with van der Waals surface area (Å²) in [5.74, 6) is -0.801. The fourth-order valence-corrected chi connectivity index (χ4v) is 4.36. The number of fused-ring (bicyclic) bond motifs is 1. The van der Waals surface area contributed by atoms with Crippen molar-refractivity contribution >= 4 is 35.2 Å². The topological polar surface area (TPSA) is 86.7 Å². The van der Waals surface area contributed by atoms with Gasteiger partial charge < -0.3 is 15.3 Å². The lowest BCUT2D eigenvalue weighted by Gasteiger charge is -2.37. The first kappa shape index (κ1) is 17.8. The lowest BCUT2D eigenvalue weighted by Crippen LogP contribution is -2.58. The Morgan fingerprint density at radius 3 is 2.68 bits per heavy atom. The molecule has 2 amide bonds. The maximum Gasteiger partial charge on any atom is 0.329 e. The van der Waals surface area contributed by atoms with Crippen LogP contribution >= 0.6 is 11.8 Å². The Kier molecular flexibility index (Phi) is 5.03. The second-order valence-electron chi connectivity index (χ2n) is 6.85. The van der Waals surface area contributed by atoms with Crippen LogP contribution < -0.4 is 10.2 Å². The fraction of sp³-hybridized carbons (Fsp3) is 0.500. The van der Waals surface area contributed by atoms with Crippen LogP contribution in [0.3, 0.4) is 0 Å². The van der Waals surface area contributed by atoms with Crippen molar-refractivity contribution in [2.75, 3.05) is 17.2 Å². The smallest absolute Gasteiger partial charge is 0.329 e. The van der Waals surface area contributed by atoms with Crippen LogP contribution in [0.15, 0.2) is 29.2 Å². The number of para-hydroxylation sites is 1. The van der Waals surface area contributed by atoms with Crippen molar-refractivity contribution in [1.29, 1.82) is 0 Å². The number of nitrogens with zero attached hydrogens (tertiary/aromatic N) is 1. The molecule has 2 N–H and O–H groups in total. The summed E-state index contributed by atoms with van der Waals surface area (Å²) in [6.45, 7) is 1.94. The number of benzene rings is 1. The van der Waals surface area contributed by atoms with Gasteiger partial charge in [0.1, 0.15) is 12.1 Å². The number of carboxylic acid groups (broad SMARTS) is 1. The van der Waals surface area contributed by atoms with Gasteiger partial charge in [-0.1, -0.05) is 19.1 Å². The second-order valence-corrected chi connectivity index (χ2v) is 7.87. The van der Waals surface area contributed by atoms with Gasteiger partial charge in [-0.15, -0.1) is 11.8 Å². The first-order valence-electron chi connectivity index (χ1n) is 8.48. The summed E-state index contributed by atoms with van der Waals surface area (Å²) in [6.07, 6.45) is 2.40. The minimum atomic E-state index is -1.21. The van der Waals surface area contributed by atoms with Gasteiger partial charge in [0.15, 0.2) is 0 Å². The van der Waals surface area contributed by atoms with Crippen molar-refractivity contribution in [3.8, 4) is 0 Å². The minimum Gasteiger partial charge on any atom is -0.480 e. The Hall–Kier alpha value is -2.02. The Balaban J connectivity index is 1.74. The number of hydrogen-bond donors (Lipinski definition) is 2. The Bertz CT molecular complexity index is 698. The van der Waals surface area contributed by atoms with Gasteiger partial charge in [0, 0.05) is 4.90 Å². The Labute approximate surface area is 151 Å². The standard InChI is InChI=1S/C18H22N2O4S/c1-12-6-8-18(9-7-12,17(23)24)19-15(21)10-20-13-4-2-3-5-14(13)25-11-16(20)22/h2-5,12H,6-11H2,1H3,(H,19,21)(H,23,24). The summed E-state index contributed by atoms with van der Waals surface area (Å²) in [5, 5.41) is 12.4. The van der Waals surface area contributed by atoms with Gasteiger partial charge in [0.25, 0.3) is 0 Å². The van der Waals surface area contributed by atoms with Crippen molar-refractivity contribution < 1.29 is 19.5 Å². The summed E-state index contributed by atoms with van der Waals surface area (Å²) < 4.78 is 0. The van der Waals surface area contributed by atoms with Crippen LogP contribution in [0, 0.1) is 5.92 Å². The molecule has 1 aliphatic heterocycles. The maximum absolute atomic E-state index is 12.6. The van der Waals surface area contributed by atoms with Crippen molar-refractivity contribution in [1.82, 2.24) is 5.32 Å². The van der Waals surface area contributed by atoms with E-state index in [1.54, 1.807) is 0 Å². The summed E-state index contributed by atoms with van der Waals surface area (Å²) in [6, 6.07) is 7.44. The highest BCUT2D eigenvalue weighted by Gasteiger charge is 2.43. The van der Waals surface area contributed by atoms with E-state index in [9.17, 15) is 19.5 Å².